The highest BCUT2D eigenvalue weighted by atomic mass is 35.7. The van der Waals surface area contributed by atoms with Gasteiger partial charge in [0.25, 0.3) is 7.42 Å². The van der Waals surface area contributed by atoms with Crippen LogP contribution in [0, 0.1) is 0 Å². The van der Waals surface area contributed by atoms with Gasteiger partial charge in [0.1, 0.15) is 0 Å². The van der Waals surface area contributed by atoms with E-state index in [9.17, 15) is 0 Å². The molecule has 0 bridgehead atoms. The summed E-state index contributed by atoms with van der Waals surface area (Å²) in [5, 5.41) is 0. The third-order valence-corrected chi connectivity index (χ3v) is 2.69. The molecule has 0 fully saturated rings. The maximum absolute atomic E-state index is 5.62. The van der Waals surface area contributed by atoms with Crippen molar-refractivity contribution in [2.75, 3.05) is 0 Å². The summed E-state index contributed by atoms with van der Waals surface area (Å²) in [4.78, 5) is 0. The van der Waals surface area contributed by atoms with E-state index in [1.165, 1.54) is 6.42 Å². The van der Waals surface area contributed by atoms with Crippen LogP contribution in [0.2, 0.25) is 6.04 Å². The molecule has 0 aromatic heterocycles. The number of rotatable bonds is 6. The number of allylic oxidation sites excluding steroid dienone is 3. The summed E-state index contributed by atoms with van der Waals surface area (Å²) in [7, 11) is -1.09. The summed E-state index contributed by atoms with van der Waals surface area (Å²) in [6.45, 7) is 3.65. The van der Waals surface area contributed by atoms with Gasteiger partial charge in [-0.15, -0.1) is 28.7 Å². The zero-order valence-electron chi connectivity index (χ0n) is 6.52. The van der Waals surface area contributed by atoms with E-state index < -0.39 is 7.42 Å². The average Bonchev–Trinajstić information content (AvgIpc) is 1.96. The second-order valence-corrected chi connectivity index (χ2v) is 6.64. The van der Waals surface area contributed by atoms with E-state index in [4.69, 9.17) is 22.2 Å². The van der Waals surface area contributed by atoms with Crippen LogP contribution in [0.3, 0.4) is 0 Å². The summed E-state index contributed by atoms with van der Waals surface area (Å²) < 4.78 is 0. The van der Waals surface area contributed by atoms with Gasteiger partial charge < -0.3 is 0 Å². The molecule has 0 aromatic carbocycles. The van der Waals surface area contributed by atoms with Crippen molar-refractivity contribution in [3.8, 4) is 0 Å². The molecule has 0 aliphatic carbocycles. The van der Waals surface area contributed by atoms with Crippen LogP contribution in [0.25, 0.3) is 0 Å². The summed E-state index contributed by atoms with van der Waals surface area (Å²) in [5.74, 6) is 0. The van der Waals surface area contributed by atoms with Crippen molar-refractivity contribution in [2.24, 2.45) is 0 Å². The van der Waals surface area contributed by atoms with Crippen molar-refractivity contribution >= 4 is 29.6 Å². The molecule has 0 nitrogen and oxygen atoms in total. The molecule has 0 amide bonds. The average molecular weight is 208 g/mol. The lowest BCUT2D eigenvalue weighted by Crippen LogP contribution is -1.86. The maximum atomic E-state index is 5.62. The van der Waals surface area contributed by atoms with Gasteiger partial charge in [-0.05, 0) is 25.3 Å². The molecule has 11 heavy (non-hydrogen) atoms. The predicted octanol–water partition coefficient (Wildman–Crippen LogP) is 3.86. The number of unbranched alkanes of at least 4 members (excludes halogenated alkanes) is 2. The summed E-state index contributed by atoms with van der Waals surface area (Å²) in [6, 6.07) is 0.849. The van der Waals surface area contributed by atoms with Crippen LogP contribution in [0.4, 0.5) is 0 Å². The van der Waals surface area contributed by atoms with Gasteiger partial charge in [-0.1, -0.05) is 18.2 Å². The third kappa shape index (κ3) is 10.3. The molecule has 0 heterocycles. The fourth-order valence-corrected chi connectivity index (χ4v) is 1.55. The Labute approximate surface area is 79.9 Å². The highest BCUT2D eigenvalue weighted by molar-refractivity contribution is 7.33. The zero-order chi connectivity index (χ0) is 8.53. The quantitative estimate of drug-likeness (QED) is 0.269. The Bertz CT molecular complexity index is 121. The molecule has 0 spiro atoms. The fraction of sp³-hybridized carbons (Fsp3) is 0.500. The van der Waals surface area contributed by atoms with Gasteiger partial charge in [-0.2, -0.15) is 0 Å². The Balaban J connectivity index is 3.09. The van der Waals surface area contributed by atoms with E-state index in [-0.39, 0.29) is 0 Å². The Kier molecular flexibility index (Phi) is 8.58. The van der Waals surface area contributed by atoms with E-state index in [0.29, 0.717) is 0 Å². The second-order valence-electron chi connectivity index (χ2n) is 2.23. The molecule has 0 aromatic rings. The Morgan fingerprint density at radius 2 is 1.91 bits per heavy atom. The summed E-state index contributed by atoms with van der Waals surface area (Å²) in [6.07, 6.45) is 9.51. The van der Waals surface area contributed by atoms with Crippen LogP contribution in [0.5, 0.6) is 0 Å². The molecule has 0 aliphatic heterocycles. The molecule has 0 saturated heterocycles. The first-order valence-corrected chi connectivity index (χ1v) is 7.43. The molecular weight excluding hydrogens is 195 g/mol. The monoisotopic (exact) mass is 207 g/mol. The van der Waals surface area contributed by atoms with Gasteiger partial charge in [0.15, 0.2) is 0 Å². The van der Waals surface area contributed by atoms with Crippen LogP contribution in [-0.4, -0.2) is 7.42 Å². The van der Waals surface area contributed by atoms with Crippen LogP contribution in [-0.2, 0) is 0 Å². The van der Waals surface area contributed by atoms with Crippen molar-refractivity contribution in [1.82, 2.24) is 0 Å². The van der Waals surface area contributed by atoms with E-state index in [0.717, 1.165) is 18.9 Å². The van der Waals surface area contributed by atoms with Crippen LogP contribution < -0.4 is 0 Å². The minimum absolute atomic E-state index is 0.849. The number of hydrogen-bond donors (Lipinski definition) is 0. The van der Waals surface area contributed by atoms with Gasteiger partial charge in [0.05, 0.1) is 0 Å². The molecule has 0 saturated carbocycles. The smallest absolute Gasteiger partial charge is 0.146 e. The predicted molar refractivity (Wildman–Crippen MR) is 55.5 cm³/mol. The van der Waals surface area contributed by atoms with Crippen molar-refractivity contribution in [3.63, 3.8) is 0 Å². The summed E-state index contributed by atoms with van der Waals surface area (Å²) >= 11 is 11.2. The minimum Gasteiger partial charge on any atom is -0.146 e. The molecule has 0 atom stereocenters. The Hall–Kier alpha value is 0.277. The first-order valence-electron chi connectivity index (χ1n) is 3.70. The fourth-order valence-electron chi connectivity index (χ4n) is 0.670. The number of halogens is 2. The molecular formula is C8H13Cl2Si. The normalized spacial score (nSPS) is 11.2. The highest BCUT2D eigenvalue weighted by Gasteiger charge is 1.96. The van der Waals surface area contributed by atoms with Crippen molar-refractivity contribution in [1.29, 1.82) is 0 Å². The third-order valence-electron chi connectivity index (χ3n) is 1.22. The molecule has 0 N–H and O–H groups in total. The van der Waals surface area contributed by atoms with Crippen LogP contribution in [0.1, 0.15) is 19.3 Å². The van der Waals surface area contributed by atoms with Gasteiger partial charge >= 0.3 is 0 Å². The SMILES string of the molecule is C=CCCCC=CC[Si](Cl)Cl. The van der Waals surface area contributed by atoms with Gasteiger partial charge in [0, 0.05) is 0 Å². The molecule has 0 rings (SSSR count). The lowest BCUT2D eigenvalue weighted by molar-refractivity contribution is 0.869. The molecule has 0 aliphatic rings. The minimum atomic E-state index is -1.09. The van der Waals surface area contributed by atoms with Crippen molar-refractivity contribution < 1.29 is 0 Å². The van der Waals surface area contributed by atoms with Crippen molar-refractivity contribution in [2.45, 2.75) is 25.3 Å². The standard InChI is InChI=1S/C8H13Cl2Si/c1-2-3-4-5-6-7-8-11(9)10/h2,6-7H,1,3-5,8H2. The molecule has 3 heteroatoms. The highest BCUT2D eigenvalue weighted by Crippen LogP contribution is 2.05. The largest absolute Gasteiger partial charge is 0.277 e. The Morgan fingerprint density at radius 1 is 1.18 bits per heavy atom. The maximum Gasteiger partial charge on any atom is 0.277 e. The molecule has 1 radical (unpaired) electrons. The van der Waals surface area contributed by atoms with Gasteiger partial charge in [-0.25, -0.2) is 0 Å². The lowest BCUT2D eigenvalue weighted by atomic mass is 10.2. The molecule has 0 unspecified atom stereocenters. The molecule has 63 valence electrons. The lowest BCUT2D eigenvalue weighted by Gasteiger charge is -1.90. The summed E-state index contributed by atoms with van der Waals surface area (Å²) in [5.41, 5.74) is 0. The first kappa shape index (κ1) is 11.3. The van der Waals surface area contributed by atoms with Gasteiger partial charge in [0.2, 0.25) is 0 Å². The van der Waals surface area contributed by atoms with E-state index in [1.54, 1.807) is 0 Å². The first-order chi connectivity index (χ1) is 5.27. The van der Waals surface area contributed by atoms with Gasteiger partial charge in [-0.3, -0.25) is 0 Å². The van der Waals surface area contributed by atoms with E-state index in [2.05, 4.69) is 18.7 Å². The number of hydrogen-bond acceptors (Lipinski definition) is 0. The van der Waals surface area contributed by atoms with E-state index in [1.807, 2.05) is 6.08 Å². The zero-order valence-corrected chi connectivity index (χ0v) is 9.04. The Morgan fingerprint density at radius 3 is 2.45 bits per heavy atom. The second kappa shape index (κ2) is 8.37. The van der Waals surface area contributed by atoms with Crippen molar-refractivity contribution in [3.05, 3.63) is 24.8 Å². The van der Waals surface area contributed by atoms with E-state index >= 15 is 0 Å². The van der Waals surface area contributed by atoms with Crippen LogP contribution in [0.15, 0.2) is 24.8 Å². The van der Waals surface area contributed by atoms with Crippen LogP contribution >= 0.6 is 22.2 Å². The topological polar surface area (TPSA) is 0 Å².